The van der Waals surface area contributed by atoms with Gasteiger partial charge in [0.1, 0.15) is 0 Å². The fraction of sp³-hybridized carbons (Fsp3) is 0.143. The highest BCUT2D eigenvalue weighted by molar-refractivity contribution is 7.80. The number of rotatable bonds is 3. The number of hydrogen-bond acceptors (Lipinski definition) is 3. The Labute approximate surface area is 106 Å². The molecule has 0 heterocycles. The lowest BCUT2D eigenvalue weighted by Gasteiger charge is -2.13. The first-order valence-corrected chi connectivity index (χ1v) is 5.84. The molecular formula is C14H14O2S. The number of phenolic OH excluding ortho intramolecular Hbond substituents is 1. The molecule has 17 heavy (non-hydrogen) atoms. The Kier molecular flexibility index (Phi) is 3.59. The zero-order chi connectivity index (χ0) is 12.3. The van der Waals surface area contributed by atoms with Gasteiger partial charge in [0.05, 0.1) is 12.4 Å². The molecule has 0 aromatic heterocycles. The van der Waals surface area contributed by atoms with Gasteiger partial charge in [-0.25, -0.2) is 0 Å². The largest absolute Gasteiger partial charge is 0.504 e. The highest BCUT2D eigenvalue weighted by atomic mass is 32.1. The van der Waals surface area contributed by atoms with Gasteiger partial charge in [-0.3, -0.25) is 0 Å². The van der Waals surface area contributed by atoms with Crippen molar-refractivity contribution in [1.82, 2.24) is 0 Å². The molecule has 0 amide bonds. The van der Waals surface area contributed by atoms with E-state index in [2.05, 4.69) is 12.6 Å². The molecule has 1 atom stereocenters. The highest BCUT2D eigenvalue weighted by Gasteiger charge is 2.11. The molecule has 88 valence electrons. The first-order valence-electron chi connectivity index (χ1n) is 5.32. The molecule has 0 aliphatic rings. The number of aromatic hydroxyl groups is 1. The Morgan fingerprint density at radius 2 is 1.76 bits per heavy atom. The number of phenols is 1. The third-order valence-electron chi connectivity index (χ3n) is 2.63. The summed E-state index contributed by atoms with van der Waals surface area (Å²) in [4.78, 5) is 0. The van der Waals surface area contributed by atoms with Crippen molar-refractivity contribution in [1.29, 1.82) is 0 Å². The van der Waals surface area contributed by atoms with Gasteiger partial charge >= 0.3 is 0 Å². The third kappa shape index (κ3) is 2.56. The summed E-state index contributed by atoms with van der Waals surface area (Å²) >= 11 is 4.57. The Morgan fingerprint density at radius 3 is 2.35 bits per heavy atom. The van der Waals surface area contributed by atoms with Crippen molar-refractivity contribution in [3.63, 3.8) is 0 Å². The molecule has 2 aromatic rings. The topological polar surface area (TPSA) is 29.5 Å². The van der Waals surface area contributed by atoms with Crippen molar-refractivity contribution in [3.05, 3.63) is 59.7 Å². The fourth-order valence-electron chi connectivity index (χ4n) is 1.70. The maximum Gasteiger partial charge on any atom is 0.160 e. The minimum atomic E-state index is -0.0481. The van der Waals surface area contributed by atoms with Crippen molar-refractivity contribution in [2.24, 2.45) is 0 Å². The summed E-state index contributed by atoms with van der Waals surface area (Å²) in [6.45, 7) is 0. The third-order valence-corrected chi connectivity index (χ3v) is 3.23. The summed E-state index contributed by atoms with van der Waals surface area (Å²) in [5.41, 5.74) is 2.04. The van der Waals surface area contributed by atoms with Crippen LogP contribution < -0.4 is 4.74 Å². The van der Waals surface area contributed by atoms with Crippen molar-refractivity contribution >= 4 is 12.6 Å². The average Bonchev–Trinajstić information content (AvgIpc) is 2.39. The first-order chi connectivity index (χ1) is 8.22. The van der Waals surface area contributed by atoms with Crippen LogP contribution in [-0.4, -0.2) is 12.2 Å². The van der Waals surface area contributed by atoms with Gasteiger partial charge in [-0.2, -0.15) is 12.6 Å². The van der Waals surface area contributed by atoms with E-state index >= 15 is 0 Å². The fourth-order valence-corrected chi connectivity index (χ4v) is 2.04. The molecule has 0 saturated heterocycles. The zero-order valence-electron chi connectivity index (χ0n) is 9.50. The van der Waals surface area contributed by atoms with E-state index in [1.165, 1.54) is 7.11 Å². The monoisotopic (exact) mass is 246 g/mol. The second-order valence-corrected chi connectivity index (χ2v) is 4.26. The molecule has 2 aromatic carbocycles. The molecule has 0 bridgehead atoms. The van der Waals surface area contributed by atoms with Gasteiger partial charge in [0, 0.05) is 0 Å². The average molecular weight is 246 g/mol. The lowest BCUT2D eigenvalue weighted by Crippen LogP contribution is -1.93. The van der Waals surface area contributed by atoms with E-state index in [0.29, 0.717) is 5.75 Å². The summed E-state index contributed by atoms with van der Waals surface area (Å²) < 4.78 is 5.01. The van der Waals surface area contributed by atoms with E-state index in [0.717, 1.165) is 11.1 Å². The second-order valence-electron chi connectivity index (χ2n) is 3.74. The molecule has 0 aliphatic carbocycles. The van der Waals surface area contributed by atoms with Crippen LogP contribution in [0.5, 0.6) is 11.5 Å². The maximum atomic E-state index is 9.73. The lowest BCUT2D eigenvalue weighted by molar-refractivity contribution is 0.373. The van der Waals surface area contributed by atoms with E-state index in [-0.39, 0.29) is 11.0 Å². The highest BCUT2D eigenvalue weighted by Crippen LogP contribution is 2.34. The van der Waals surface area contributed by atoms with E-state index < -0.39 is 0 Å². The number of benzene rings is 2. The van der Waals surface area contributed by atoms with Gasteiger partial charge in [0.2, 0.25) is 0 Å². The molecule has 2 rings (SSSR count). The summed E-state index contributed by atoms with van der Waals surface area (Å²) in [6, 6.07) is 15.3. The van der Waals surface area contributed by atoms with Gasteiger partial charge in [0.15, 0.2) is 11.5 Å². The summed E-state index contributed by atoms with van der Waals surface area (Å²) in [7, 11) is 1.53. The molecule has 1 unspecified atom stereocenters. The molecule has 0 aliphatic heterocycles. The molecule has 0 radical (unpaired) electrons. The molecule has 0 saturated carbocycles. The summed E-state index contributed by atoms with van der Waals surface area (Å²) in [6.07, 6.45) is 0. The van der Waals surface area contributed by atoms with Crippen LogP contribution in [0.15, 0.2) is 48.5 Å². The zero-order valence-corrected chi connectivity index (χ0v) is 10.4. The molecule has 0 spiro atoms. The van der Waals surface area contributed by atoms with Gasteiger partial charge in [-0.05, 0) is 23.3 Å². The Hall–Kier alpha value is -1.61. The molecule has 1 N–H and O–H groups in total. The quantitative estimate of drug-likeness (QED) is 0.813. The molecule has 3 heteroatoms. The van der Waals surface area contributed by atoms with Crippen molar-refractivity contribution in [2.45, 2.75) is 5.25 Å². The van der Waals surface area contributed by atoms with Crippen LogP contribution in [0, 0.1) is 0 Å². The van der Waals surface area contributed by atoms with Crippen LogP contribution in [-0.2, 0) is 0 Å². The smallest absolute Gasteiger partial charge is 0.160 e. The van der Waals surface area contributed by atoms with Crippen molar-refractivity contribution in [3.8, 4) is 11.5 Å². The number of hydrogen-bond donors (Lipinski definition) is 2. The summed E-state index contributed by atoms with van der Waals surface area (Å²) in [5, 5.41) is 9.68. The minimum Gasteiger partial charge on any atom is -0.504 e. The standard InChI is InChI=1S/C14H14O2S/c1-16-13-8-7-11(9-12(13)15)14(17)10-5-3-2-4-6-10/h2-9,14-15,17H,1H3. The SMILES string of the molecule is COc1ccc(C(S)c2ccccc2)cc1O. The van der Waals surface area contributed by atoms with Crippen LogP contribution >= 0.6 is 12.6 Å². The van der Waals surface area contributed by atoms with Crippen LogP contribution in [0.2, 0.25) is 0 Å². The Morgan fingerprint density at radius 1 is 1.06 bits per heavy atom. The normalized spacial score (nSPS) is 12.1. The second kappa shape index (κ2) is 5.15. The summed E-state index contributed by atoms with van der Waals surface area (Å²) in [5.74, 6) is 0.613. The van der Waals surface area contributed by atoms with Gasteiger partial charge in [-0.15, -0.1) is 0 Å². The molecular weight excluding hydrogens is 232 g/mol. The van der Waals surface area contributed by atoms with Crippen LogP contribution in [0.25, 0.3) is 0 Å². The van der Waals surface area contributed by atoms with Gasteiger partial charge < -0.3 is 9.84 Å². The van der Waals surface area contributed by atoms with E-state index in [1.807, 2.05) is 36.4 Å². The lowest BCUT2D eigenvalue weighted by atomic mass is 10.0. The van der Waals surface area contributed by atoms with E-state index in [4.69, 9.17) is 4.74 Å². The first kappa shape index (κ1) is 11.9. The Bertz CT molecular complexity index is 497. The van der Waals surface area contributed by atoms with E-state index in [9.17, 15) is 5.11 Å². The van der Waals surface area contributed by atoms with Crippen molar-refractivity contribution in [2.75, 3.05) is 7.11 Å². The van der Waals surface area contributed by atoms with Crippen LogP contribution in [0.3, 0.4) is 0 Å². The predicted molar refractivity (Wildman–Crippen MR) is 71.9 cm³/mol. The van der Waals surface area contributed by atoms with Crippen LogP contribution in [0.4, 0.5) is 0 Å². The number of methoxy groups -OCH3 is 1. The Balaban J connectivity index is 2.32. The molecule has 0 fully saturated rings. The van der Waals surface area contributed by atoms with Crippen molar-refractivity contribution < 1.29 is 9.84 Å². The van der Waals surface area contributed by atoms with Crippen LogP contribution in [0.1, 0.15) is 16.4 Å². The molecule has 2 nitrogen and oxygen atoms in total. The van der Waals surface area contributed by atoms with Gasteiger partial charge in [0.25, 0.3) is 0 Å². The van der Waals surface area contributed by atoms with Gasteiger partial charge in [-0.1, -0.05) is 36.4 Å². The number of ether oxygens (including phenoxy) is 1. The number of thiol groups is 1. The maximum absolute atomic E-state index is 9.73. The van der Waals surface area contributed by atoms with E-state index in [1.54, 1.807) is 12.1 Å². The minimum absolute atomic E-state index is 0.0481. The predicted octanol–water partition coefficient (Wildman–Crippen LogP) is 3.42.